The van der Waals surface area contributed by atoms with Gasteiger partial charge in [-0.25, -0.2) is 13.6 Å². The monoisotopic (exact) mass is 574 g/mol. The SMILES string of the molecule is CC(C)(C)OC(=O)c1ccc(Br)cc1F.Fc1cc(Br)ccc1I. The van der Waals surface area contributed by atoms with Gasteiger partial charge in [0.05, 0.1) is 5.56 Å². The summed E-state index contributed by atoms with van der Waals surface area (Å²) in [5.41, 5.74) is -0.663. The fraction of sp³-hybridized carbons (Fsp3) is 0.235. The summed E-state index contributed by atoms with van der Waals surface area (Å²) >= 11 is 8.21. The van der Waals surface area contributed by atoms with Crippen molar-refractivity contribution in [2.24, 2.45) is 0 Å². The fourth-order valence-corrected chi connectivity index (χ4v) is 2.46. The molecule has 0 N–H and O–H groups in total. The van der Waals surface area contributed by atoms with E-state index in [0.717, 1.165) is 4.47 Å². The number of hydrogen-bond donors (Lipinski definition) is 0. The second kappa shape index (κ2) is 9.24. The van der Waals surface area contributed by atoms with E-state index in [0.29, 0.717) is 8.04 Å². The molecule has 0 saturated carbocycles. The van der Waals surface area contributed by atoms with Gasteiger partial charge in [-0.1, -0.05) is 31.9 Å². The zero-order chi connectivity index (χ0) is 18.5. The predicted octanol–water partition coefficient (Wildman–Crippen LogP) is 6.74. The first-order valence-corrected chi connectivity index (χ1v) is 9.45. The van der Waals surface area contributed by atoms with Gasteiger partial charge in [-0.15, -0.1) is 0 Å². The van der Waals surface area contributed by atoms with Crippen molar-refractivity contribution in [3.8, 4) is 0 Å². The van der Waals surface area contributed by atoms with Crippen LogP contribution in [0.15, 0.2) is 45.3 Å². The smallest absolute Gasteiger partial charge is 0.341 e. The molecule has 0 radical (unpaired) electrons. The standard InChI is InChI=1S/C11H12BrFO2.C6H3BrFI/c1-11(2,3)15-10(14)8-5-4-7(12)6-9(8)13;7-4-1-2-6(9)5(8)3-4/h4-6H,1-3H3;1-3H. The number of esters is 1. The Hall–Kier alpha value is -0.540. The number of hydrogen-bond acceptors (Lipinski definition) is 2. The van der Waals surface area contributed by atoms with Crippen LogP contribution in [0, 0.1) is 15.2 Å². The van der Waals surface area contributed by atoms with Gasteiger partial charge in [0.2, 0.25) is 0 Å². The molecule has 0 aliphatic heterocycles. The highest BCUT2D eigenvalue weighted by Gasteiger charge is 2.20. The van der Waals surface area contributed by atoms with E-state index in [1.165, 1.54) is 18.2 Å². The first-order valence-electron chi connectivity index (χ1n) is 6.78. The van der Waals surface area contributed by atoms with E-state index in [1.54, 1.807) is 32.9 Å². The van der Waals surface area contributed by atoms with E-state index in [9.17, 15) is 13.6 Å². The van der Waals surface area contributed by atoms with Crippen LogP contribution in [0.1, 0.15) is 31.1 Å². The van der Waals surface area contributed by atoms with Crippen molar-refractivity contribution in [1.29, 1.82) is 0 Å². The van der Waals surface area contributed by atoms with Gasteiger partial charge in [-0.3, -0.25) is 0 Å². The van der Waals surface area contributed by atoms with Crippen molar-refractivity contribution >= 4 is 60.4 Å². The summed E-state index contributed by atoms with van der Waals surface area (Å²) in [4.78, 5) is 11.5. The van der Waals surface area contributed by atoms with Crippen LogP contribution in [0.25, 0.3) is 0 Å². The van der Waals surface area contributed by atoms with Crippen LogP contribution in [0.4, 0.5) is 8.78 Å². The molecule has 7 heteroatoms. The number of halogens is 5. The Kier molecular flexibility index (Phi) is 8.28. The van der Waals surface area contributed by atoms with Gasteiger partial charge in [0.1, 0.15) is 17.2 Å². The molecule has 0 unspecified atom stereocenters. The fourth-order valence-electron chi connectivity index (χ4n) is 1.46. The molecule has 24 heavy (non-hydrogen) atoms. The van der Waals surface area contributed by atoms with E-state index < -0.39 is 17.4 Å². The molecule has 0 fully saturated rings. The molecule has 130 valence electrons. The molecule has 0 aliphatic carbocycles. The van der Waals surface area contributed by atoms with Crippen LogP contribution in [-0.2, 0) is 4.74 Å². The van der Waals surface area contributed by atoms with Gasteiger partial charge in [0, 0.05) is 12.5 Å². The van der Waals surface area contributed by atoms with Gasteiger partial charge in [0.15, 0.2) is 0 Å². The molecule has 2 rings (SSSR count). The van der Waals surface area contributed by atoms with Crippen molar-refractivity contribution in [1.82, 2.24) is 0 Å². The van der Waals surface area contributed by atoms with E-state index in [2.05, 4.69) is 31.9 Å². The molecule has 0 saturated heterocycles. The highest BCUT2D eigenvalue weighted by molar-refractivity contribution is 14.1. The number of carbonyl (C=O) groups excluding carboxylic acids is 1. The summed E-state index contributed by atoms with van der Waals surface area (Å²) in [6.07, 6.45) is 0. The minimum absolute atomic E-state index is 0.0480. The Morgan fingerprint density at radius 2 is 1.50 bits per heavy atom. The van der Waals surface area contributed by atoms with Crippen molar-refractivity contribution in [2.45, 2.75) is 26.4 Å². The molecule has 0 atom stereocenters. The van der Waals surface area contributed by atoms with Crippen molar-refractivity contribution in [2.75, 3.05) is 0 Å². The minimum atomic E-state index is -0.646. The Bertz CT molecular complexity index is 731. The third-order valence-electron chi connectivity index (χ3n) is 2.43. The van der Waals surface area contributed by atoms with Crippen LogP contribution in [0.5, 0.6) is 0 Å². The molecule has 2 aromatic carbocycles. The van der Waals surface area contributed by atoms with Crippen molar-refractivity contribution < 1.29 is 18.3 Å². The van der Waals surface area contributed by atoms with Crippen LogP contribution in [0.3, 0.4) is 0 Å². The maximum Gasteiger partial charge on any atom is 0.341 e. The van der Waals surface area contributed by atoms with E-state index in [-0.39, 0.29) is 11.4 Å². The topological polar surface area (TPSA) is 26.3 Å². The Morgan fingerprint density at radius 3 is 1.92 bits per heavy atom. The Balaban J connectivity index is 0.000000272. The molecule has 2 nitrogen and oxygen atoms in total. The molecular formula is C17H15Br2F2IO2. The van der Waals surface area contributed by atoms with Crippen LogP contribution >= 0.6 is 54.5 Å². The molecule has 0 bridgehead atoms. The number of ether oxygens (including phenoxy) is 1. The quantitative estimate of drug-likeness (QED) is 0.214. The molecule has 2 aromatic rings. The highest BCUT2D eigenvalue weighted by atomic mass is 127. The van der Waals surface area contributed by atoms with E-state index >= 15 is 0 Å². The molecule has 0 spiro atoms. The summed E-state index contributed by atoms with van der Waals surface area (Å²) in [5, 5.41) is 0. The predicted molar refractivity (Wildman–Crippen MR) is 106 cm³/mol. The zero-order valence-corrected chi connectivity index (χ0v) is 18.5. The number of carbonyl (C=O) groups is 1. The first-order chi connectivity index (χ1) is 11.0. The van der Waals surface area contributed by atoms with E-state index in [4.69, 9.17) is 4.74 Å². The van der Waals surface area contributed by atoms with Gasteiger partial charge >= 0.3 is 5.97 Å². The largest absolute Gasteiger partial charge is 0.456 e. The molecule has 0 amide bonds. The molecule has 0 heterocycles. The normalized spacial score (nSPS) is 10.7. The van der Waals surface area contributed by atoms with Crippen LogP contribution in [0.2, 0.25) is 0 Å². The van der Waals surface area contributed by atoms with Crippen molar-refractivity contribution in [3.05, 3.63) is 66.1 Å². The lowest BCUT2D eigenvalue weighted by atomic mass is 10.1. The van der Waals surface area contributed by atoms with Crippen LogP contribution < -0.4 is 0 Å². The van der Waals surface area contributed by atoms with Gasteiger partial charge in [-0.2, -0.15) is 0 Å². The summed E-state index contributed by atoms with van der Waals surface area (Å²) in [7, 11) is 0. The maximum absolute atomic E-state index is 13.3. The van der Waals surface area contributed by atoms with Crippen LogP contribution in [-0.4, -0.2) is 11.6 Å². The summed E-state index contributed by atoms with van der Waals surface area (Å²) in [6.45, 7) is 5.21. The van der Waals surface area contributed by atoms with Gasteiger partial charge in [0.25, 0.3) is 0 Å². The van der Waals surface area contributed by atoms with Crippen molar-refractivity contribution in [3.63, 3.8) is 0 Å². The second-order valence-corrected chi connectivity index (χ2v) is 8.68. The lowest BCUT2D eigenvalue weighted by Gasteiger charge is -2.19. The molecular weight excluding hydrogens is 561 g/mol. The third-order valence-corrected chi connectivity index (χ3v) is 4.29. The van der Waals surface area contributed by atoms with E-state index in [1.807, 2.05) is 28.7 Å². The third kappa shape index (κ3) is 7.57. The van der Waals surface area contributed by atoms with Gasteiger partial charge < -0.3 is 4.74 Å². The summed E-state index contributed by atoms with van der Waals surface area (Å²) in [6, 6.07) is 9.21. The summed E-state index contributed by atoms with van der Waals surface area (Å²) < 4.78 is 33.0. The minimum Gasteiger partial charge on any atom is -0.456 e. The number of benzene rings is 2. The lowest BCUT2D eigenvalue weighted by molar-refractivity contribution is 0.00647. The number of rotatable bonds is 1. The molecule has 0 aliphatic rings. The lowest BCUT2D eigenvalue weighted by Crippen LogP contribution is -2.24. The summed E-state index contributed by atoms with van der Waals surface area (Å²) in [5.74, 6) is -1.41. The highest BCUT2D eigenvalue weighted by Crippen LogP contribution is 2.18. The maximum atomic E-state index is 13.3. The Morgan fingerprint density at radius 1 is 1.00 bits per heavy atom. The zero-order valence-electron chi connectivity index (χ0n) is 13.2. The average Bonchev–Trinajstić information content (AvgIpc) is 2.42. The Labute approximate surface area is 170 Å². The van der Waals surface area contributed by atoms with Gasteiger partial charge in [-0.05, 0) is 79.8 Å². The average molecular weight is 576 g/mol. The first kappa shape index (κ1) is 21.5. The molecule has 0 aromatic heterocycles. The second-order valence-electron chi connectivity index (χ2n) is 5.68.